The molecule has 1 fully saturated rings. The van der Waals surface area contributed by atoms with Crippen LogP contribution in [0.2, 0.25) is 0 Å². The smallest absolute Gasteiger partial charge is 0.00929 e. The molecule has 0 heterocycles. The molecule has 0 N–H and O–H groups in total. The Kier molecular flexibility index (Phi) is 1.42. The zero-order chi connectivity index (χ0) is 7.07. The highest BCUT2D eigenvalue weighted by Gasteiger charge is 2.41. The fourth-order valence-electron chi connectivity index (χ4n) is 1.64. The maximum atomic E-state index is 4.03. The fraction of sp³-hybridized carbons (Fsp3) is 0.778. The standard InChI is InChI=1S/C9H16/c1-5-9(4)7(2)6-8(9)3/h8H,2,5-6H2,1,3-4H3. The van der Waals surface area contributed by atoms with Gasteiger partial charge in [-0.15, -0.1) is 0 Å². The second-order valence-electron chi connectivity index (χ2n) is 3.48. The molecule has 1 rings (SSSR count). The van der Waals surface area contributed by atoms with Crippen molar-refractivity contribution in [2.45, 2.75) is 33.6 Å². The first-order chi connectivity index (χ1) is 4.11. The molecule has 0 aromatic heterocycles. The third-order valence-electron chi connectivity index (χ3n) is 3.18. The summed E-state index contributed by atoms with van der Waals surface area (Å²) in [4.78, 5) is 0. The molecule has 9 heavy (non-hydrogen) atoms. The van der Waals surface area contributed by atoms with Gasteiger partial charge >= 0.3 is 0 Å². The van der Waals surface area contributed by atoms with Crippen LogP contribution in [0.3, 0.4) is 0 Å². The third-order valence-corrected chi connectivity index (χ3v) is 3.18. The average Bonchev–Trinajstić information content (AvgIpc) is 1.87. The number of hydrogen-bond acceptors (Lipinski definition) is 0. The fourth-order valence-corrected chi connectivity index (χ4v) is 1.64. The van der Waals surface area contributed by atoms with Crippen molar-refractivity contribution >= 4 is 0 Å². The molecule has 0 saturated heterocycles. The van der Waals surface area contributed by atoms with Gasteiger partial charge in [-0.1, -0.05) is 32.9 Å². The van der Waals surface area contributed by atoms with Crippen LogP contribution in [0.1, 0.15) is 33.6 Å². The van der Waals surface area contributed by atoms with E-state index in [1.54, 1.807) is 0 Å². The van der Waals surface area contributed by atoms with Gasteiger partial charge in [-0.25, -0.2) is 0 Å². The van der Waals surface area contributed by atoms with Crippen molar-refractivity contribution in [3.63, 3.8) is 0 Å². The highest BCUT2D eigenvalue weighted by Crippen LogP contribution is 2.51. The molecule has 52 valence electrons. The first-order valence-electron chi connectivity index (χ1n) is 3.79. The molecule has 0 bridgehead atoms. The van der Waals surface area contributed by atoms with Crippen LogP contribution in [-0.4, -0.2) is 0 Å². The van der Waals surface area contributed by atoms with Crippen LogP contribution in [0.5, 0.6) is 0 Å². The summed E-state index contributed by atoms with van der Waals surface area (Å²) in [7, 11) is 0. The highest BCUT2D eigenvalue weighted by molar-refractivity contribution is 5.20. The molecule has 0 aromatic carbocycles. The van der Waals surface area contributed by atoms with Crippen LogP contribution >= 0.6 is 0 Å². The number of allylic oxidation sites excluding steroid dienone is 1. The molecule has 0 amide bonds. The van der Waals surface area contributed by atoms with Crippen molar-refractivity contribution in [3.05, 3.63) is 12.2 Å². The number of hydrogen-bond donors (Lipinski definition) is 0. The Labute approximate surface area is 58.0 Å². The predicted octanol–water partition coefficient (Wildman–Crippen LogP) is 3.00. The van der Waals surface area contributed by atoms with E-state index in [1.807, 2.05) is 0 Å². The molecule has 2 unspecified atom stereocenters. The molecule has 0 aromatic rings. The van der Waals surface area contributed by atoms with Crippen LogP contribution in [0, 0.1) is 11.3 Å². The van der Waals surface area contributed by atoms with E-state index in [1.165, 1.54) is 18.4 Å². The lowest BCUT2D eigenvalue weighted by molar-refractivity contribution is 0.155. The summed E-state index contributed by atoms with van der Waals surface area (Å²) in [5, 5.41) is 0. The monoisotopic (exact) mass is 124 g/mol. The Morgan fingerprint density at radius 3 is 2.44 bits per heavy atom. The molecule has 0 radical (unpaired) electrons. The summed E-state index contributed by atoms with van der Waals surface area (Å²) in [6, 6.07) is 0. The maximum absolute atomic E-state index is 4.03. The second kappa shape index (κ2) is 1.86. The van der Waals surface area contributed by atoms with Gasteiger partial charge in [-0.3, -0.25) is 0 Å². The summed E-state index contributed by atoms with van der Waals surface area (Å²) < 4.78 is 0. The van der Waals surface area contributed by atoms with Gasteiger partial charge in [0.25, 0.3) is 0 Å². The molecule has 0 spiro atoms. The van der Waals surface area contributed by atoms with Crippen molar-refractivity contribution in [2.24, 2.45) is 11.3 Å². The van der Waals surface area contributed by atoms with Gasteiger partial charge in [-0.05, 0) is 24.2 Å². The van der Waals surface area contributed by atoms with Crippen molar-refractivity contribution in [1.29, 1.82) is 0 Å². The molecule has 1 aliphatic carbocycles. The van der Waals surface area contributed by atoms with Gasteiger partial charge < -0.3 is 0 Å². The van der Waals surface area contributed by atoms with Crippen molar-refractivity contribution < 1.29 is 0 Å². The maximum Gasteiger partial charge on any atom is -0.00929 e. The lowest BCUT2D eigenvalue weighted by Crippen LogP contribution is -2.37. The van der Waals surface area contributed by atoms with Crippen LogP contribution in [0.25, 0.3) is 0 Å². The van der Waals surface area contributed by atoms with E-state index >= 15 is 0 Å². The second-order valence-corrected chi connectivity index (χ2v) is 3.48. The Bertz CT molecular complexity index is 135. The Balaban J connectivity index is 2.66. The van der Waals surface area contributed by atoms with Gasteiger partial charge in [0.05, 0.1) is 0 Å². The Morgan fingerprint density at radius 2 is 2.33 bits per heavy atom. The molecule has 0 nitrogen and oxygen atoms in total. The van der Waals surface area contributed by atoms with Gasteiger partial charge in [0.1, 0.15) is 0 Å². The molecule has 2 atom stereocenters. The normalized spacial score (nSPS) is 42.6. The molecule has 0 aliphatic heterocycles. The Hall–Kier alpha value is -0.260. The summed E-state index contributed by atoms with van der Waals surface area (Å²) >= 11 is 0. The van der Waals surface area contributed by atoms with Crippen LogP contribution in [0.15, 0.2) is 12.2 Å². The zero-order valence-electron chi connectivity index (χ0n) is 6.70. The van der Waals surface area contributed by atoms with Gasteiger partial charge in [-0.2, -0.15) is 0 Å². The van der Waals surface area contributed by atoms with E-state index < -0.39 is 0 Å². The first kappa shape index (κ1) is 6.85. The third kappa shape index (κ3) is 0.726. The average molecular weight is 124 g/mol. The van der Waals surface area contributed by atoms with Gasteiger partial charge in [0.15, 0.2) is 0 Å². The van der Waals surface area contributed by atoms with Crippen molar-refractivity contribution in [3.8, 4) is 0 Å². The van der Waals surface area contributed by atoms with Crippen LogP contribution in [0.4, 0.5) is 0 Å². The number of rotatable bonds is 1. The van der Waals surface area contributed by atoms with E-state index in [9.17, 15) is 0 Å². The minimum absolute atomic E-state index is 0.486. The van der Waals surface area contributed by atoms with Crippen molar-refractivity contribution in [2.75, 3.05) is 0 Å². The topological polar surface area (TPSA) is 0 Å². The van der Waals surface area contributed by atoms with E-state index in [4.69, 9.17) is 0 Å². The van der Waals surface area contributed by atoms with Crippen molar-refractivity contribution in [1.82, 2.24) is 0 Å². The summed E-state index contributed by atoms with van der Waals surface area (Å²) in [6.45, 7) is 10.9. The first-order valence-corrected chi connectivity index (χ1v) is 3.79. The Morgan fingerprint density at radius 1 is 1.78 bits per heavy atom. The van der Waals surface area contributed by atoms with Gasteiger partial charge in [0, 0.05) is 0 Å². The SMILES string of the molecule is C=C1CC(C)C1(C)CC. The molecular weight excluding hydrogens is 108 g/mol. The zero-order valence-corrected chi connectivity index (χ0v) is 6.70. The lowest BCUT2D eigenvalue weighted by Gasteiger charge is -2.47. The summed E-state index contributed by atoms with van der Waals surface area (Å²) in [5.74, 6) is 0.870. The van der Waals surface area contributed by atoms with E-state index in [2.05, 4.69) is 27.4 Å². The summed E-state index contributed by atoms with van der Waals surface area (Å²) in [5.41, 5.74) is 1.94. The largest absolute Gasteiger partial charge is 0.0993 e. The minimum atomic E-state index is 0.486. The quantitative estimate of drug-likeness (QED) is 0.471. The summed E-state index contributed by atoms with van der Waals surface area (Å²) in [6.07, 6.45) is 2.51. The van der Waals surface area contributed by atoms with Gasteiger partial charge in [0.2, 0.25) is 0 Å². The lowest BCUT2D eigenvalue weighted by atomic mass is 9.58. The molecule has 0 heteroatoms. The van der Waals surface area contributed by atoms with E-state index in [-0.39, 0.29) is 0 Å². The molecular formula is C9H16. The van der Waals surface area contributed by atoms with Crippen LogP contribution < -0.4 is 0 Å². The van der Waals surface area contributed by atoms with E-state index in [0.29, 0.717) is 5.41 Å². The van der Waals surface area contributed by atoms with Crippen LogP contribution in [-0.2, 0) is 0 Å². The minimum Gasteiger partial charge on any atom is -0.0993 e. The van der Waals surface area contributed by atoms with E-state index in [0.717, 1.165) is 5.92 Å². The highest BCUT2D eigenvalue weighted by atomic mass is 14.5. The molecule has 1 saturated carbocycles. The predicted molar refractivity (Wildman–Crippen MR) is 41.3 cm³/mol. The molecule has 1 aliphatic rings.